The molecule has 7 aromatic carbocycles. The third-order valence-electron chi connectivity index (χ3n) is 13.2. The average molecular weight is 896 g/mol. The zero-order valence-corrected chi connectivity index (χ0v) is 41.4. The summed E-state index contributed by atoms with van der Waals surface area (Å²) in [5.74, 6) is -0.189. The number of aromatic hydroxyl groups is 1. The van der Waals surface area contributed by atoms with E-state index in [1.54, 1.807) is 18.3 Å². The average Bonchev–Trinajstić information content (AvgIpc) is 3.72. The molecule has 4 nitrogen and oxygen atoms in total. The molecule has 0 aliphatic rings. The first-order valence-electron chi connectivity index (χ1n) is 25.7. The van der Waals surface area contributed by atoms with Crippen LogP contribution in [0.1, 0.15) is 115 Å². The lowest BCUT2D eigenvalue weighted by atomic mass is 9.79. The summed E-state index contributed by atoms with van der Waals surface area (Å²) in [5.41, 5.74) is 16.1. The first kappa shape index (κ1) is 41.2. The second-order valence-corrected chi connectivity index (χ2v) is 21.6. The highest BCUT2D eigenvalue weighted by Crippen LogP contribution is 2.46. The topological polar surface area (TPSA) is 50.9 Å². The molecule has 0 fully saturated rings. The molecule has 0 aliphatic heterocycles. The number of aryl methyl sites for hydroxylation is 1. The monoisotopic (exact) mass is 896 g/mol. The molecule has 0 amide bonds. The predicted octanol–water partition coefficient (Wildman–Crippen LogP) is 17.5. The van der Waals surface area contributed by atoms with Gasteiger partial charge in [0.15, 0.2) is 0 Å². The Kier molecular flexibility index (Phi) is 10.6. The van der Waals surface area contributed by atoms with Gasteiger partial charge in [-0.2, -0.15) is 0 Å². The number of phenols is 1. The van der Waals surface area contributed by atoms with Crippen LogP contribution in [0.25, 0.3) is 83.9 Å². The van der Waals surface area contributed by atoms with Crippen LogP contribution >= 0.6 is 0 Å². The van der Waals surface area contributed by atoms with E-state index in [4.69, 9.17) is 14.1 Å². The van der Waals surface area contributed by atoms with Crippen LogP contribution < -0.4 is 0 Å². The van der Waals surface area contributed by atoms with Crippen LogP contribution in [0.4, 0.5) is 0 Å². The van der Waals surface area contributed by atoms with Crippen molar-refractivity contribution in [2.75, 3.05) is 0 Å². The molecule has 9 rings (SSSR count). The number of hydrogen-bond acceptors (Lipinski definition) is 3. The van der Waals surface area contributed by atoms with E-state index in [1.807, 2.05) is 50.2 Å². The summed E-state index contributed by atoms with van der Waals surface area (Å²) >= 11 is 0. The van der Waals surface area contributed by atoms with Gasteiger partial charge in [0.1, 0.15) is 11.6 Å². The molecule has 4 heteroatoms. The summed E-state index contributed by atoms with van der Waals surface area (Å²) in [5, 5.41) is 12.6. The molecular weight excluding hydrogens is 827 g/mol. The highest BCUT2D eigenvalue weighted by molar-refractivity contribution is 5.98. The standard InChI is InChI=1S/C64H65N3O/c1-40(2)53-39-49(29-30-51(53)52-21-16-17-23-55(52)63(7,8)9)67-58-24-18-22-50(59(58)66-61(67)54-37-48(62(4,5)6)38-56(60(54)68)64(10,11)12)46-33-45(42-19-14-13-15-20-42)34-47(35-46)57-36-44(31-32-65-57)43-27-25-41(3)26-28-43/h13-40,68H,1-12H3/i3D3,40D. The summed E-state index contributed by atoms with van der Waals surface area (Å²) in [6.45, 7) is 21.4. The maximum atomic E-state index is 12.6. The van der Waals surface area contributed by atoms with E-state index in [-0.39, 0.29) is 22.0 Å². The SMILES string of the molecule is [2H]C([2H])([2H])c1ccc(-c2ccnc(-c3cc(-c4ccccc4)cc(-c4cccc5c4nc(-c4cc(C(C)(C)C)cc(C(C)(C)C)c4O)n5-c4ccc(-c5ccccc5C(C)(C)C)c(C([2H])(C)C)c4)c3)c2)cc1. The molecule has 0 atom stereocenters. The number of hydrogen-bond donors (Lipinski definition) is 1. The van der Waals surface area contributed by atoms with Crippen LogP contribution in [-0.2, 0) is 16.2 Å². The number of pyridine rings is 1. The fourth-order valence-corrected chi connectivity index (χ4v) is 9.43. The minimum Gasteiger partial charge on any atom is -0.507 e. The summed E-state index contributed by atoms with van der Waals surface area (Å²) < 4.78 is 35.5. The van der Waals surface area contributed by atoms with Gasteiger partial charge in [0.25, 0.3) is 0 Å². The minimum absolute atomic E-state index is 0.130. The van der Waals surface area contributed by atoms with E-state index in [0.717, 1.165) is 89.2 Å². The summed E-state index contributed by atoms with van der Waals surface area (Å²) in [7, 11) is 0. The van der Waals surface area contributed by atoms with Crippen LogP contribution in [-0.4, -0.2) is 19.6 Å². The van der Waals surface area contributed by atoms with Crippen molar-refractivity contribution < 1.29 is 10.6 Å². The van der Waals surface area contributed by atoms with E-state index in [1.165, 1.54) is 5.56 Å². The summed E-state index contributed by atoms with van der Waals surface area (Å²) in [6.07, 6.45) is 1.80. The van der Waals surface area contributed by atoms with E-state index >= 15 is 0 Å². The number of para-hydroxylation sites is 1. The lowest BCUT2D eigenvalue weighted by Crippen LogP contribution is -2.17. The van der Waals surface area contributed by atoms with E-state index in [0.29, 0.717) is 17.0 Å². The van der Waals surface area contributed by atoms with Gasteiger partial charge in [0.2, 0.25) is 0 Å². The number of nitrogens with zero attached hydrogens (tertiary/aromatic N) is 3. The molecule has 0 spiro atoms. The maximum absolute atomic E-state index is 12.6. The molecule has 9 aromatic rings. The van der Waals surface area contributed by atoms with Crippen molar-refractivity contribution in [3.05, 3.63) is 192 Å². The molecule has 2 heterocycles. The van der Waals surface area contributed by atoms with Gasteiger partial charge in [-0.05, 0) is 139 Å². The Labute approximate surface area is 410 Å². The lowest BCUT2D eigenvalue weighted by molar-refractivity contribution is 0.446. The zero-order valence-electron chi connectivity index (χ0n) is 45.4. The predicted molar refractivity (Wildman–Crippen MR) is 288 cm³/mol. The van der Waals surface area contributed by atoms with Gasteiger partial charge in [-0.25, -0.2) is 4.98 Å². The molecule has 0 bridgehead atoms. The number of fused-ring (bicyclic) bond motifs is 1. The summed E-state index contributed by atoms with van der Waals surface area (Å²) in [6, 6.07) is 53.4. The third kappa shape index (κ3) is 8.93. The van der Waals surface area contributed by atoms with Crippen LogP contribution in [0.3, 0.4) is 0 Å². The van der Waals surface area contributed by atoms with Gasteiger partial charge in [-0.3, -0.25) is 9.55 Å². The smallest absolute Gasteiger partial charge is 0.149 e. The Morgan fingerprint density at radius 3 is 1.88 bits per heavy atom. The Bertz CT molecular complexity index is 3490. The quantitative estimate of drug-likeness (QED) is 0.165. The van der Waals surface area contributed by atoms with E-state index in [9.17, 15) is 6.48 Å². The van der Waals surface area contributed by atoms with E-state index < -0.39 is 12.7 Å². The van der Waals surface area contributed by atoms with Crippen molar-refractivity contribution in [1.29, 1.82) is 0 Å². The molecule has 0 radical (unpaired) electrons. The van der Waals surface area contributed by atoms with Crippen molar-refractivity contribution in [1.82, 2.24) is 14.5 Å². The Morgan fingerprint density at radius 2 is 1.19 bits per heavy atom. The highest BCUT2D eigenvalue weighted by atomic mass is 16.3. The fourth-order valence-electron chi connectivity index (χ4n) is 9.43. The number of rotatable bonds is 8. The molecule has 0 saturated carbocycles. The van der Waals surface area contributed by atoms with Crippen LogP contribution in [0, 0.1) is 6.85 Å². The van der Waals surface area contributed by atoms with Gasteiger partial charge >= 0.3 is 0 Å². The van der Waals surface area contributed by atoms with Crippen molar-refractivity contribution in [2.24, 2.45) is 0 Å². The van der Waals surface area contributed by atoms with Crippen LogP contribution in [0.2, 0.25) is 0 Å². The molecular formula is C64H65N3O. The molecule has 0 unspecified atom stereocenters. The van der Waals surface area contributed by atoms with E-state index in [2.05, 4.69) is 176 Å². The van der Waals surface area contributed by atoms with Crippen molar-refractivity contribution in [3.8, 4) is 78.6 Å². The lowest BCUT2D eigenvalue weighted by Gasteiger charge is -2.28. The Balaban J connectivity index is 1.32. The van der Waals surface area contributed by atoms with Gasteiger partial charge in [0, 0.05) is 34.1 Å². The Morgan fingerprint density at radius 1 is 0.529 bits per heavy atom. The fraction of sp³-hybridized carbons (Fsp3) is 0.250. The van der Waals surface area contributed by atoms with Gasteiger partial charge in [-0.1, -0.05) is 185 Å². The van der Waals surface area contributed by atoms with Crippen molar-refractivity contribution >= 4 is 11.0 Å². The second-order valence-electron chi connectivity index (χ2n) is 21.6. The number of aromatic nitrogens is 3. The molecule has 2 aromatic heterocycles. The molecule has 342 valence electrons. The molecule has 0 aliphatic carbocycles. The minimum atomic E-state index is -2.19. The van der Waals surface area contributed by atoms with Crippen LogP contribution in [0.15, 0.2) is 164 Å². The van der Waals surface area contributed by atoms with Crippen molar-refractivity contribution in [2.45, 2.75) is 105 Å². The van der Waals surface area contributed by atoms with Gasteiger partial charge < -0.3 is 5.11 Å². The normalized spacial score (nSPS) is 13.5. The first-order chi connectivity index (χ1) is 33.8. The zero-order chi connectivity index (χ0) is 51.7. The Hall–Kier alpha value is -7.04. The van der Waals surface area contributed by atoms with Gasteiger partial charge in [-0.15, -0.1) is 0 Å². The summed E-state index contributed by atoms with van der Waals surface area (Å²) in [4.78, 5) is 10.6. The van der Waals surface area contributed by atoms with Crippen molar-refractivity contribution in [3.63, 3.8) is 0 Å². The van der Waals surface area contributed by atoms with Crippen LogP contribution in [0.5, 0.6) is 5.75 Å². The second kappa shape index (κ2) is 17.6. The molecule has 68 heavy (non-hydrogen) atoms. The maximum Gasteiger partial charge on any atom is 0.149 e. The largest absolute Gasteiger partial charge is 0.507 e. The van der Waals surface area contributed by atoms with Gasteiger partial charge in [0.05, 0.1) is 22.3 Å². The number of benzene rings is 7. The highest BCUT2D eigenvalue weighted by Gasteiger charge is 2.29. The third-order valence-corrected chi connectivity index (χ3v) is 13.2. The molecule has 1 N–H and O–H groups in total. The first-order valence-corrected chi connectivity index (χ1v) is 23.7. The molecule has 0 saturated heterocycles. The number of phenolic OH excluding ortho intramolecular Hbond substituents is 1. The number of imidazole rings is 1.